The van der Waals surface area contributed by atoms with Gasteiger partial charge in [-0.2, -0.15) is 0 Å². The molecule has 1 saturated carbocycles. The van der Waals surface area contributed by atoms with Crippen LogP contribution in [0.4, 0.5) is 0 Å². The van der Waals surface area contributed by atoms with Gasteiger partial charge in [0.15, 0.2) is 0 Å². The van der Waals surface area contributed by atoms with Gasteiger partial charge in [0, 0.05) is 24.7 Å². The van der Waals surface area contributed by atoms with Gasteiger partial charge in [0.25, 0.3) is 0 Å². The van der Waals surface area contributed by atoms with Crippen LogP contribution in [0.1, 0.15) is 42.5 Å². The van der Waals surface area contributed by atoms with Crippen molar-refractivity contribution in [3.05, 3.63) is 16.1 Å². The van der Waals surface area contributed by atoms with E-state index >= 15 is 0 Å². The molecule has 1 fully saturated rings. The van der Waals surface area contributed by atoms with E-state index in [9.17, 15) is 0 Å². The van der Waals surface area contributed by atoms with E-state index in [2.05, 4.69) is 11.9 Å². The summed E-state index contributed by atoms with van der Waals surface area (Å²) >= 11 is 1.70. The van der Waals surface area contributed by atoms with Crippen LogP contribution in [0.2, 0.25) is 0 Å². The van der Waals surface area contributed by atoms with E-state index in [-0.39, 0.29) is 5.60 Å². The first-order chi connectivity index (χ1) is 7.70. The average Bonchev–Trinajstić information content (AvgIpc) is 2.78. The molecule has 2 rings (SSSR count). The predicted molar refractivity (Wildman–Crippen MR) is 66.3 cm³/mol. The van der Waals surface area contributed by atoms with Crippen molar-refractivity contribution < 1.29 is 4.74 Å². The van der Waals surface area contributed by atoms with Crippen molar-refractivity contribution >= 4 is 11.3 Å². The summed E-state index contributed by atoms with van der Waals surface area (Å²) in [6.45, 7) is 2.87. The fraction of sp³-hybridized carbons (Fsp3) is 0.750. The van der Waals surface area contributed by atoms with Gasteiger partial charge in [-0.3, -0.25) is 0 Å². The summed E-state index contributed by atoms with van der Waals surface area (Å²) in [7, 11) is 1.81. The number of ether oxygens (including phenoxy) is 1. The van der Waals surface area contributed by atoms with E-state index < -0.39 is 0 Å². The van der Waals surface area contributed by atoms with Gasteiger partial charge in [-0.05, 0) is 25.2 Å². The molecule has 2 N–H and O–H groups in total. The highest BCUT2D eigenvalue weighted by molar-refractivity contribution is 7.11. The Kier molecular flexibility index (Phi) is 3.62. The summed E-state index contributed by atoms with van der Waals surface area (Å²) in [6.07, 6.45) is 6.60. The minimum Gasteiger partial charge on any atom is -0.371 e. The maximum absolute atomic E-state index is 5.80. The van der Waals surface area contributed by atoms with Crippen LogP contribution in [-0.4, -0.2) is 12.1 Å². The first kappa shape index (κ1) is 12.0. The molecule has 1 aliphatic rings. The van der Waals surface area contributed by atoms with Crippen molar-refractivity contribution in [1.29, 1.82) is 0 Å². The lowest BCUT2D eigenvalue weighted by molar-refractivity contribution is -0.0580. The zero-order valence-electron chi connectivity index (χ0n) is 10.0. The molecule has 2 unspecified atom stereocenters. The Hall–Kier alpha value is -0.450. The minimum atomic E-state index is -0.143. The van der Waals surface area contributed by atoms with Gasteiger partial charge in [0.2, 0.25) is 0 Å². The van der Waals surface area contributed by atoms with E-state index in [0.717, 1.165) is 28.6 Å². The molecule has 0 amide bonds. The highest BCUT2D eigenvalue weighted by Crippen LogP contribution is 2.43. The summed E-state index contributed by atoms with van der Waals surface area (Å²) in [5.41, 5.74) is 5.49. The predicted octanol–water partition coefficient (Wildman–Crippen LogP) is 2.65. The summed E-state index contributed by atoms with van der Waals surface area (Å²) in [5, 5.41) is 1.11. The molecule has 1 aromatic heterocycles. The Labute approximate surface area is 101 Å². The molecule has 0 radical (unpaired) electrons. The van der Waals surface area contributed by atoms with Crippen LogP contribution in [-0.2, 0) is 16.9 Å². The number of nitrogens with zero attached hydrogens (tertiary/aromatic N) is 1. The van der Waals surface area contributed by atoms with Crippen molar-refractivity contribution in [2.24, 2.45) is 11.7 Å². The van der Waals surface area contributed by atoms with Crippen LogP contribution in [0.5, 0.6) is 0 Å². The zero-order valence-corrected chi connectivity index (χ0v) is 10.8. The van der Waals surface area contributed by atoms with Crippen LogP contribution in [0.3, 0.4) is 0 Å². The third-order valence-electron chi connectivity index (χ3n) is 3.49. The maximum Gasteiger partial charge on any atom is 0.125 e. The van der Waals surface area contributed by atoms with Gasteiger partial charge in [0.05, 0.1) is 0 Å². The van der Waals surface area contributed by atoms with Gasteiger partial charge in [-0.1, -0.05) is 13.3 Å². The molecule has 0 aromatic carbocycles. The van der Waals surface area contributed by atoms with E-state index in [1.165, 1.54) is 12.8 Å². The van der Waals surface area contributed by atoms with Crippen molar-refractivity contribution in [1.82, 2.24) is 4.98 Å². The quantitative estimate of drug-likeness (QED) is 0.883. The molecule has 3 nitrogen and oxygen atoms in total. The Morgan fingerprint density at radius 1 is 1.69 bits per heavy atom. The number of nitrogens with two attached hydrogens (primary N) is 1. The second-order valence-electron chi connectivity index (χ2n) is 4.74. The lowest BCUT2D eigenvalue weighted by atomic mass is 9.79. The first-order valence-corrected chi connectivity index (χ1v) is 6.72. The van der Waals surface area contributed by atoms with Gasteiger partial charge in [-0.25, -0.2) is 4.98 Å². The summed E-state index contributed by atoms with van der Waals surface area (Å²) in [5.74, 6) is 0.721. The summed E-state index contributed by atoms with van der Waals surface area (Å²) in [6, 6.07) is 0. The van der Waals surface area contributed by atoms with Crippen molar-refractivity contribution in [3.63, 3.8) is 0 Å². The van der Waals surface area contributed by atoms with E-state index in [1.54, 1.807) is 11.3 Å². The molecule has 0 saturated heterocycles. The number of hydrogen-bond acceptors (Lipinski definition) is 4. The van der Waals surface area contributed by atoms with Crippen LogP contribution in [0, 0.1) is 5.92 Å². The van der Waals surface area contributed by atoms with Gasteiger partial charge < -0.3 is 10.5 Å². The van der Waals surface area contributed by atoms with Crippen LogP contribution in [0.15, 0.2) is 6.20 Å². The molecule has 90 valence electrons. The zero-order chi connectivity index (χ0) is 11.6. The topological polar surface area (TPSA) is 48.1 Å². The van der Waals surface area contributed by atoms with Gasteiger partial charge in [0.1, 0.15) is 10.6 Å². The fourth-order valence-electron chi connectivity index (χ4n) is 2.58. The smallest absolute Gasteiger partial charge is 0.125 e. The number of aromatic nitrogens is 1. The Bertz CT molecular complexity index is 353. The lowest BCUT2D eigenvalue weighted by Gasteiger charge is -2.37. The number of hydrogen-bond donors (Lipinski definition) is 1. The molecular weight excluding hydrogens is 220 g/mol. The number of methoxy groups -OCH3 is 1. The Morgan fingerprint density at radius 2 is 2.50 bits per heavy atom. The van der Waals surface area contributed by atoms with Crippen LogP contribution >= 0.6 is 11.3 Å². The monoisotopic (exact) mass is 240 g/mol. The van der Waals surface area contributed by atoms with Gasteiger partial charge >= 0.3 is 0 Å². The summed E-state index contributed by atoms with van der Waals surface area (Å²) in [4.78, 5) is 5.64. The molecule has 0 bridgehead atoms. The number of rotatable bonds is 3. The standard InChI is InChI=1S/C12H20N2OS/c1-9-4-3-5-12(6-9,15-2)11-14-8-10(7-13)16-11/h8-9H,3-7,13H2,1-2H3. The molecule has 0 spiro atoms. The second-order valence-corrected chi connectivity index (χ2v) is 5.85. The van der Waals surface area contributed by atoms with E-state index in [1.807, 2.05) is 13.3 Å². The molecule has 1 aromatic rings. The Morgan fingerprint density at radius 3 is 3.06 bits per heavy atom. The molecule has 1 heterocycles. The molecular formula is C12H20N2OS. The van der Waals surface area contributed by atoms with Crippen LogP contribution in [0.25, 0.3) is 0 Å². The molecule has 4 heteroatoms. The van der Waals surface area contributed by atoms with E-state index in [0.29, 0.717) is 6.54 Å². The maximum atomic E-state index is 5.80. The van der Waals surface area contributed by atoms with Crippen molar-refractivity contribution in [2.75, 3.05) is 7.11 Å². The lowest BCUT2D eigenvalue weighted by Crippen LogP contribution is -2.34. The third-order valence-corrected chi connectivity index (χ3v) is 4.70. The molecule has 1 aliphatic carbocycles. The fourth-order valence-corrected chi connectivity index (χ4v) is 3.58. The Balaban J connectivity index is 2.25. The van der Waals surface area contributed by atoms with Crippen LogP contribution < -0.4 is 5.73 Å². The highest BCUT2D eigenvalue weighted by atomic mass is 32.1. The van der Waals surface area contributed by atoms with Crippen molar-refractivity contribution in [2.45, 2.75) is 44.8 Å². The minimum absolute atomic E-state index is 0.143. The average molecular weight is 240 g/mol. The highest BCUT2D eigenvalue weighted by Gasteiger charge is 2.39. The summed E-state index contributed by atoms with van der Waals surface area (Å²) < 4.78 is 5.80. The molecule has 2 atom stereocenters. The molecule has 0 aliphatic heterocycles. The SMILES string of the molecule is COC1(c2ncc(CN)s2)CCCC(C)C1. The second kappa shape index (κ2) is 4.82. The van der Waals surface area contributed by atoms with Crippen molar-refractivity contribution in [3.8, 4) is 0 Å². The van der Waals surface area contributed by atoms with Gasteiger partial charge in [-0.15, -0.1) is 11.3 Å². The largest absolute Gasteiger partial charge is 0.371 e. The normalized spacial score (nSPS) is 30.6. The molecule has 16 heavy (non-hydrogen) atoms. The third kappa shape index (κ3) is 2.14. The number of thiazole rings is 1. The van der Waals surface area contributed by atoms with E-state index in [4.69, 9.17) is 10.5 Å². The first-order valence-electron chi connectivity index (χ1n) is 5.90.